The average molecular weight is 457 g/mol. The van der Waals surface area contributed by atoms with Gasteiger partial charge in [-0.25, -0.2) is 4.98 Å². The van der Waals surface area contributed by atoms with Gasteiger partial charge in [-0.05, 0) is 68.7 Å². The molecule has 0 aliphatic heterocycles. The first-order valence-electron chi connectivity index (χ1n) is 11.1. The Morgan fingerprint density at radius 2 is 1.88 bits per heavy atom. The van der Waals surface area contributed by atoms with E-state index >= 15 is 0 Å². The lowest BCUT2D eigenvalue weighted by molar-refractivity contribution is -0.111. The largest absolute Gasteiger partial charge is 0.493 e. The first kappa shape index (κ1) is 23.0. The number of para-hydroxylation sites is 1. The molecule has 0 atom stereocenters. The molecule has 34 heavy (non-hydrogen) atoms. The third kappa shape index (κ3) is 4.78. The van der Waals surface area contributed by atoms with Crippen LogP contribution >= 0.6 is 0 Å². The maximum Gasteiger partial charge on any atom is 0.249 e. The minimum Gasteiger partial charge on any atom is -0.493 e. The fourth-order valence-electron chi connectivity index (χ4n) is 3.82. The quantitative estimate of drug-likeness (QED) is 0.377. The summed E-state index contributed by atoms with van der Waals surface area (Å²) in [4.78, 5) is 17.5. The van der Waals surface area contributed by atoms with Crippen LogP contribution in [0.5, 0.6) is 11.5 Å². The minimum absolute atomic E-state index is 0.275. The smallest absolute Gasteiger partial charge is 0.249 e. The molecule has 174 valence electrons. The molecule has 2 heterocycles. The number of fused-ring (bicyclic) bond motifs is 1. The third-order valence-corrected chi connectivity index (χ3v) is 5.45. The highest BCUT2D eigenvalue weighted by atomic mass is 16.5. The molecule has 0 bridgehead atoms. The van der Waals surface area contributed by atoms with Crippen molar-refractivity contribution in [1.82, 2.24) is 14.8 Å². The van der Waals surface area contributed by atoms with Gasteiger partial charge in [0.2, 0.25) is 5.91 Å². The van der Waals surface area contributed by atoms with E-state index < -0.39 is 0 Å². The maximum absolute atomic E-state index is 12.7. The lowest BCUT2D eigenvalue weighted by atomic mass is 10.1. The SMILES string of the molecule is CCOc1ccc(/C=C/C(=O)Nc2cc(C)nn2-c2cc(C)c3cccc(C)c3n2)cc1OC. The predicted octanol–water partition coefficient (Wildman–Crippen LogP) is 5.40. The summed E-state index contributed by atoms with van der Waals surface area (Å²) in [7, 11) is 1.59. The molecule has 0 fully saturated rings. The van der Waals surface area contributed by atoms with Crippen molar-refractivity contribution in [1.29, 1.82) is 0 Å². The highest BCUT2D eigenvalue weighted by Crippen LogP contribution is 2.28. The van der Waals surface area contributed by atoms with Crippen LogP contribution in [-0.4, -0.2) is 34.4 Å². The lowest BCUT2D eigenvalue weighted by Crippen LogP contribution is -2.13. The minimum atomic E-state index is -0.275. The van der Waals surface area contributed by atoms with Crippen LogP contribution in [0.3, 0.4) is 0 Å². The number of carbonyl (C=O) groups excluding carboxylic acids is 1. The van der Waals surface area contributed by atoms with Gasteiger partial charge in [0.25, 0.3) is 0 Å². The number of pyridine rings is 1. The van der Waals surface area contributed by atoms with E-state index in [0.717, 1.165) is 33.3 Å². The number of hydrogen-bond donors (Lipinski definition) is 1. The number of rotatable bonds is 7. The van der Waals surface area contributed by atoms with Crippen molar-refractivity contribution >= 4 is 28.7 Å². The van der Waals surface area contributed by atoms with Crippen LogP contribution < -0.4 is 14.8 Å². The van der Waals surface area contributed by atoms with Crippen LogP contribution in [0.2, 0.25) is 0 Å². The molecule has 2 aromatic carbocycles. The molecule has 0 saturated carbocycles. The van der Waals surface area contributed by atoms with Gasteiger partial charge in [0.05, 0.1) is 24.9 Å². The molecule has 0 spiro atoms. The number of aromatic nitrogens is 3. The second-order valence-electron chi connectivity index (χ2n) is 8.02. The molecule has 7 nitrogen and oxygen atoms in total. The fraction of sp³-hybridized carbons (Fsp3) is 0.222. The van der Waals surface area contributed by atoms with Crippen LogP contribution in [0.1, 0.15) is 29.3 Å². The van der Waals surface area contributed by atoms with Crippen LogP contribution in [-0.2, 0) is 4.79 Å². The zero-order valence-electron chi connectivity index (χ0n) is 20.0. The molecule has 4 aromatic rings. The molecule has 0 aliphatic carbocycles. The van der Waals surface area contributed by atoms with Crippen molar-refractivity contribution < 1.29 is 14.3 Å². The van der Waals surface area contributed by atoms with Gasteiger partial charge < -0.3 is 14.8 Å². The Hall–Kier alpha value is -4.13. The highest BCUT2D eigenvalue weighted by Gasteiger charge is 2.13. The molecular weight excluding hydrogens is 428 g/mol. The molecule has 1 amide bonds. The van der Waals surface area contributed by atoms with E-state index in [1.165, 1.54) is 6.08 Å². The number of aryl methyl sites for hydroxylation is 3. The zero-order chi connectivity index (χ0) is 24.2. The van der Waals surface area contributed by atoms with Gasteiger partial charge in [0.1, 0.15) is 5.82 Å². The van der Waals surface area contributed by atoms with E-state index in [1.807, 2.05) is 63.2 Å². The van der Waals surface area contributed by atoms with E-state index in [-0.39, 0.29) is 5.91 Å². The number of ether oxygens (including phenoxy) is 2. The number of amides is 1. The summed E-state index contributed by atoms with van der Waals surface area (Å²) in [6.07, 6.45) is 3.20. The second kappa shape index (κ2) is 9.79. The average Bonchev–Trinajstić information content (AvgIpc) is 3.19. The normalized spacial score (nSPS) is 11.2. The number of benzene rings is 2. The summed E-state index contributed by atoms with van der Waals surface area (Å²) in [5.74, 6) is 2.22. The summed E-state index contributed by atoms with van der Waals surface area (Å²) in [6.45, 7) is 8.44. The van der Waals surface area contributed by atoms with E-state index in [0.29, 0.717) is 29.7 Å². The van der Waals surface area contributed by atoms with Crippen molar-refractivity contribution in [2.45, 2.75) is 27.7 Å². The van der Waals surface area contributed by atoms with Crippen LogP contribution in [0.25, 0.3) is 22.8 Å². The number of carbonyl (C=O) groups is 1. The Morgan fingerprint density at radius 3 is 2.65 bits per heavy atom. The number of nitrogens with zero attached hydrogens (tertiary/aromatic N) is 3. The predicted molar refractivity (Wildman–Crippen MR) is 135 cm³/mol. The molecule has 0 radical (unpaired) electrons. The standard InChI is InChI=1S/C27H28N4O3/c1-6-34-22-12-10-20(16-23(22)33-5)11-13-26(32)28-25-15-19(4)30-31(25)24-14-18(3)21-9-7-8-17(2)27(21)29-24/h7-16H,6H2,1-5H3,(H,28,32)/b13-11+. The van der Waals surface area contributed by atoms with Gasteiger partial charge in [-0.1, -0.05) is 24.3 Å². The summed E-state index contributed by atoms with van der Waals surface area (Å²) < 4.78 is 12.6. The van der Waals surface area contributed by atoms with Gasteiger partial charge in [0.15, 0.2) is 17.3 Å². The van der Waals surface area contributed by atoms with Gasteiger partial charge >= 0.3 is 0 Å². The zero-order valence-corrected chi connectivity index (χ0v) is 20.0. The number of nitrogens with one attached hydrogen (secondary N) is 1. The maximum atomic E-state index is 12.7. The fourth-order valence-corrected chi connectivity index (χ4v) is 3.82. The van der Waals surface area contributed by atoms with Crippen LogP contribution in [0, 0.1) is 20.8 Å². The molecule has 7 heteroatoms. The Labute approximate surface area is 199 Å². The van der Waals surface area contributed by atoms with Gasteiger partial charge in [0, 0.05) is 17.5 Å². The van der Waals surface area contributed by atoms with Crippen molar-refractivity contribution in [2.75, 3.05) is 19.0 Å². The summed E-state index contributed by atoms with van der Waals surface area (Å²) in [5.41, 5.74) is 4.71. The van der Waals surface area contributed by atoms with Crippen molar-refractivity contribution in [3.63, 3.8) is 0 Å². The number of hydrogen-bond acceptors (Lipinski definition) is 5. The Kier molecular flexibility index (Phi) is 6.63. The Balaban J connectivity index is 1.59. The molecule has 1 N–H and O–H groups in total. The van der Waals surface area contributed by atoms with E-state index in [4.69, 9.17) is 14.5 Å². The van der Waals surface area contributed by atoms with E-state index in [2.05, 4.69) is 23.4 Å². The van der Waals surface area contributed by atoms with Gasteiger partial charge in [-0.3, -0.25) is 4.79 Å². The first-order valence-corrected chi connectivity index (χ1v) is 11.1. The van der Waals surface area contributed by atoms with Gasteiger partial charge in [-0.2, -0.15) is 9.78 Å². The molecular formula is C27H28N4O3. The van der Waals surface area contributed by atoms with Crippen LogP contribution in [0.15, 0.2) is 54.6 Å². The Morgan fingerprint density at radius 1 is 1.06 bits per heavy atom. The second-order valence-corrected chi connectivity index (χ2v) is 8.02. The first-order chi connectivity index (χ1) is 16.4. The Bertz CT molecular complexity index is 1390. The summed E-state index contributed by atoms with van der Waals surface area (Å²) in [6, 6.07) is 15.5. The summed E-state index contributed by atoms with van der Waals surface area (Å²) >= 11 is 0. The van der Waals surface area contributed by atoms with E-state index in [1.54, 1.807) is 17.9 Å². The van der Waals surface area contributed by atoms with Crippen molar-refractivity contribution in [3.8, 4) is 17.3 Å². The van der Waals surface area contributed by atoms with Crippen molar-refractivity contribution in [2.24, 2.45) is 0 Å². The van der Waals surface area contributed by atoms with E-state index in [9.17, 15) is 4.79 Å². The topological polar surface area (TPSA) is 78.3 Å². The monoisotopic (exact) mass is 456 g/mol. The molecule has 4 rings (SSSR count). The van der Waals surface area contributed by atoms with Crippen molar-refractivity contribution in [3.05, 3.63) is 77.0 Å². The summed E-state index contributed by atoms with van der Waals surface area (Å²) in [5, 5.41) is 8.59. The lowest BCUT2D eigenvalue weighted by Gasteiger charge is -2.11. The van der Waals surface area contributed by atoms with Gasteiger partial charge in [-0.15, -0.1) is 0 Å². The molecule has 0 unspecified atom stereocenters. The van der Waals surface area contributed by atoms with Crippen LogP contribution in [0.4, 0.5) is 5.82 Å². The highest BCUT2D eigenvalue weighted by molar-refractivity contribution is 6.01. The molecule has 0 saturated heterocycles. The number of anilines is 1. The molecule has 0 aliphatic rings. The third-order valence-electron chi connectivity index (χ3n) is 5.45. The number of methoxy groups -OCH3 is 1. The molecule has 2 aromatic heterocycles.